The van der Waals surface area contributed by atoms with E-state index in [4.69, 9.17) is 5.11 Å². The molecule has 0 aliphatic carbocycles. The molecule has 0 amide bonds. The average Bonchev–Trinajstić information content (AvgIpc) is 2.51. The molecule has 0 aromatic carbocycles. The van der Waals surface area contributed by atoms with Gasteiger partial charge in [-0.15, -0.1) is 23.1 Å². The Hall–Kier alpha value is -0.650. The average molecular weight is 254 g/mol. The minimum Gasteiger partial charge on any atom is -0.396 e. The van der Waals surface area contributed by atoms with Gasteiger partial charge in [0, 0.05) is 16.0 Å². The van der Waals surface area contributed by atoms with E-state index in [0.717, 1.165) is 21.1 Å². The van der Waals surface area contributed by atoms with Gasteiger partial charge in [0.05, 0.1) is 6.61 Å². The lowest BCUT2D eigenvalue weighted by Crippen LogP contribution is -1.93. The van der Waals surface area contributed by atoms with Crippen LogP contribution >= 0.6 is 23.1 Å². The zero-order valence-corrected chi connectivity index (χ0v) is 11.2. The Morgan fingerprint density at radius 3 is 2.69 bits per heavy atom. The molecule has 0 unspecified atom stereocenters. The van der Waals surface area contributed by atoms with E-state index >= 15 is 0 Å². The van der Waals surface area contributed by atoms with E-state index in [1.54, 1.807) is 23.1 Å². The van der Waals surface area contributed by atoms with Gasteiger partial charge in [-0.25, -0.2) is 9.97 Å². The van der Waals surface area contributed by atoms with Crippen LogP contribution in [-0.4, -0.2) is 27.4 Å². The Morgan fingerprint density at radius 1 is 1.25 bits per heavy atom. The molecule has 86 valence electrons. The maximum absolute atomic E-state index is 8.88. The van der Waals surface area contributed by atoms with E-state index in [1.165, 1.54) is 10.4 Å². The molecule has 3 nitrogen and oxygen atoms in total. The van der Waals surface area contributed by atoms with Gasteiger partial charge in [0.15, 0.2) is 0 Å². The smallest absolute Gasteiger partial charge is 0.128 e. The highest BCUT2D eigenvalue weighted by atomic mass is 32.2. The van der Waals surface area contributed by atoms with Crippen molar-refractivity contribution in [3.05, 3.63) is 16.3 Å². The topological polar surface area (TPSA) is 46.0 Å². The maximum Gasteiger partial charge on any atom is 0.128 e. The molecule has 2 aromatic heterocycles. The summed E-state index contributed by atoms with van der Waals surface area (Å²) in [6.07, 6.45) is 0. The Kier molecular flexibility index (Phi) is 3.47. The summed E-state index contributed by atoms with van der Waals surface area (Å²) >= 11 is 3.31. The van der Waals surface area contributed by atoms with Crippen LogP contribution in [-0.2, 0) is 0 Å². The number of aryl methyl sites for hydroxylation is 3. The first-order chi connectivity index (χ1) is 7.63. The van der Waals surface area contributed by atoms with Crippen molar-refractivity contribution < 1.29 is 5.11 Å². The highest BCUT2D eigenvalue weighted by Gasteiger charge is 2.13. The van der Waals surface area contributed by atoms with Gasteiger partial charge in [-0.1, -0.05) is 0 Å². The van der Waals surface area contributed by atoms with Gasteiger partial charge < -0.3 is 5.11 Å². The highest BCUT2D eigenvalue weighted by molar-refractivity contribution is 7.99. The first-order valence-corrected chi connectivity index (χ1v) is 6.91. The molecule has 5 heteroatoms. The quantitative estimate of drug-likeness (QED) is 0.676. The van der Waals surface area contributed by atoms with Crippen LogP contribution in [0.1, 0.15) is 16.3 Å². The number of aliphatic hydroxyl groups excluding tert-OH is 1. The van der Waals surface area contributed by atoms with Gasteiger partial charge in [0.1, 0.15) is 15.7 Å². The number of aromatic nitrogens is 2. The molecule has 1 N–H and O–H groups in total. The Balaban J connectivity index is 2.60. The van der Waals surface area contributed by atoms with Crippen LogP contribution in [0.3, 0.4) is 0 Å². The van der Waals surface area contributed by atoms with Crippen LogP contribution < -0.4 is 0 Å². The van der Waals surface area contributed by atoms with Gasteiger partial charge in [-0.2, -0.15) is 0 Å². The van der Waals surface area contributed by atoms with Gasteiger partial charge >= 0.3 is 0 Å². The predicted octanol–water partition coefficient (Wildman–Crippen LogP) is 2.70. The summed E-state index contributed by atoms with van der Waals surface area (Å²) in [4.78, 5) is 11.3. The van der Waals surface area contributed by atoms with Crippen molar-refractivity contribution in [2.45, 2.75) is 25.8 Å². The fraction of sp³-hybridized carbons (Fsp3) is 0.455. The molecule has 0 radical (unpaired) electrons. The van der Waals surface area contributed by atoms with Crippen molar-refractivity contribution in [3.63, 3.8) is 0 Å². The number of aliphatic hydroxyl groups is 1. The van der Waals surface area contributed by atoms with Crippen molar-refractivity contribution in [2.24, 2.45) is 0 Å². The number of thiophene rings is 1. The second-order valence-corrected chi connectivity index (χ2v) is 5.90. The van der Waals surface area contributed by atoms with Crippen LogP contribution in [0.4, 0.5) is 0 Å². The molecule has 0 aliphatic rings. The summed E-state index contributed by atoms with van der Waals surface area (Å²) in [5, 5.41) is 11.0. The fourth-order valence-corrected chi connectivity index (χ4v) is 3.58. The lowest BCUT2D eigenvalue weighted by molar-refractivity contribution is 0.322. The summed E-state index contributed by atoms with van der Waals surface area (Å²) in [5.41, 5.74) is 1.26. The fourth-order valence-electron chi connectivity index (χ4n) is 1.56. The van der Waals surface area contributed by atoms with Gasteiger partial charge in [0.2, 0.25) is 0 Å². The third kappa shape index (κ3) is 2.07. The van der Waals surface area contributed by atoms with E-state index in [-0.39, 0.29) is 6.61 Å². The molecule has 0 fully saturated rings. The minimum absolute atomic E-state index is 0.178. The molecule has 2 heterocycles. The molecular weight excluding hydrogens is 240 g/mol. The zero-order valence-electron chi connectivity index (χ0n) is 9.57. The monoisotopic (exact) mass is 254 g/mol. The highest BCUT2D eigenvalue weighted by Crippen LogP contribution is 2.34. The first-order valence-electron chi connectivity index (χ1n) is 5.11. The number of hydrogen-bond donors (Lipinski definition) is 1. The molecule has 2 aromatic rings. The predicted molar refractivity (Wildman–Crippen MR) is 69.4 cm³/mol. The lowest BCUT2D eigenvalue weighted by Gasteiger charge is -2.03. The van der Waals surface area contributed by atoms with E-state index in [1.807, 2.05) is 6.92 Å². The van der Waals surface area contributed by atoms with Gasteiger partial charge in [-0.3, -0.25) is 0 Å². The number of hydrogen-bond acceptors (Lipinski definition) is 5. The first kappa shape index (κ1) is 11.8. The third-order valence-electron chi connectivity index (χ3n) is 2.44. The SMILES string of the molecule is Cc1nc(SCCO)c2c(C)c(C)sc2n1. The van der Waals surface area contributed by atoms with E-state index in [9.17, 15) is 0 Å². The lowest BCUT2D eigenvalue weighted by atomic mass is 10.2. The number of nitrogens with zero attached hydrogens (tertiary/aromatic N) is 2. The maximum atomic E-state index is 8.88. The Bertz CT molecular complexity index is 522. The Morgan fingerprint density at radius 2 is 2.00 bits per heavy atom. The summed E-state index contributed by atoms with van der Waals surface area (Å²) in [6, 6.07) is 0. The van der Waals surface area contributed by atoms with Crippen LogP contribution in [0.15, 0.2) is 5.03 Å². The second-order valence-electron chi connectivity index (χ2n) is 3.61. The van der Waals surface area contributed by atoms with Crippen LogP contribution in [0.2, 0.25) is 0 Å². The summed E-state index contributed by atoms with van der Waals surface area (Å²) in [5.74, 6) is 1.48. The van der Waals surface area contributed by atoms with Gasteiger partial charge in [0.25, 0.3) is 0 Å². The van der Waals surface area contributed by atoms with Crippen molar-refractivity contribution >= 4 is 33.3 Å². The van der Waals surface area contributed by atoms with E-state index in [2.05, 4.69) is 23.8 Å². The molecule has 0 saturated heterocycles. The normalized spacial score (nSPS) is 11.2. The van der Waals surface area contributed by atoms with Crippen LogP contribution in [0.25, 0.3) is 10.2 Å². The van der Waals surface area contributed by atoms with Crippen molar-refractivity contribution in [2.75, 3.05) is 12.4 Å². The zero-order chi connectivity index (χ0) is 11.7. The summed E-state index contributed by atoms with van der Waals surface area (Å²) in [6.45, 7) is 6.30. The minimum atomic E-state index is 0.178. The van der Waals surface area contributed by atoms with Crippen LogP contribution in [0.5, 0.6) is 0 Å². The van der Waals surface area contributed by atoms with Crippen molar-refractivity contribution in [1.29, 1.82) is 0 Å². The van der Waals surface area contributed by atoms with Crippen molar-refractivity contribution in [1.82, 2.24) is 9.97 Å². The summed E-state index contributed by atoms with van der Waals surface area (Å²) < 4.78 is 0. The number of thioether (sulfide) groups is 1. The molecule has 0 saturated carbocycles. The molecule has 2 rings (SSSR count). The molecule has 0 spiro atoms. The van der Waals surface area contributed by atoms with Crippen LogP contribution in [0, 0.1) is 20.8 Å². The van der Waals surface area contributed by atoms with Gasteiger partial charge in [-0.05, 0) is 26.3 Å². The standard InChI is InChI=1S/C11H14N2OS2/c1-6-7(2)16-11-9(6)10(15-5-4-14)12-8(3)13-11/h14H,4-5H2,1-3H3. The third-order valence-corrected chi connectivity index (χ3v) is 4.49. The van der Waals surface area contributed by atoms with Crippen molar-refractivity contribution in [3.8, 4) is 0 Å². The number of fused-ring (bicyclic) bond motifs is 1. The summed E-state index contributed by atoms with van der Waals surface area (Å²) in [7, 11) is 0. The largest absolute Gasteiger partial charge is 0.396 e. The molecular formula is C11H14N2OS2. The van der Waals surface area contributed by atoms with E-state index in [0.29, 0.717) is 5.75 Å². The molecule has 0 bridgehead atoms. The Labute approximate surface area is 103 Å². The van der Waals surface area contributed by atoms with E-state index < -0.39 is 0 Å². The molecule has 0 atom stereocenters. The number of rotatable bonds is 3. The second kappa shape index (κ2) is 4.69. The molecule has 0 aliphatic heterocycles. The molecule has 16 heavy (non-hydrogen) atoms.